The number of benzene rings is 1. The summed E-state index contributed by atoms with van der Waals surface area (Å²) in [6, 6.07) is 2.49. The molecule has 3 heteroatoms. The van der Waals surface area contributed by atoms with E-state index >= 15 is 0 Å². The lowest BCUT2D eigenvalue weighted by atomic mass is 9.92. The molecule has 0 radical (unpaired) electrons. The van der Waals surface area contributed by atoms with Crippen molar-refractivity contribution in [1.82, 2.24) is 5.32 Å². The zero-order chi connectivity index (χ0) is 13.7. The third kappa shape index (κ3) is 3.03. The predicted octanol–water partition coefficient (Wildman–Crippen LogP) is 2.65. The van der Waals surface area contributed by atoms with Gasteiger partial charge in [-0.2, -0.15) is 0 Å². The van der Waals surface area contributed by atoms with Gasteiger partial charge in [-0.25, -0.2) is 0 Å². The van der Waals surface area contributed by atoms with E-state index in [0.717, 1.165) is 18.6 Å². The molecular formula is C15H25NO2. The highest BCUT2D eigenvalue weighted by atomic mass is 16.5. The van der Waals surface area contributed by atoms with Crippen LogP contribution in [-0.4, -0.2) is 25.9 Å². The van der Waals surface area contributed by atoms with E-state index in [-0.39, 0.29) is 6.61 Å². The van der Waals surface area contributed by atoms with Crippen molar-refractivity contribution in [2.24, 2.45) is 0 Å². The van der Waals surface area contributed by atoms with E-state index < -0.39 is 0 Å². The van der Waals surface area contributed by atoms with Crippen LogP contribution >= 0.6 is 0 Å². The number of ether oxygens (including phenoxy) is 1. The van der Waals surface area contributed by atoms with Gasteiger partial charge in [0.05, 0.1) is 7.11 Å². The Balaban J connectivity index is 3.15. The SMILES string of the molecule is CNC(CCCO)c1cc(C)c(OC)c(C)c1C. The monoisotopic (exact) mass is 251 g/mol. The maximum Gasteiger partial charge on any atom is 0.124 e. The largest absolute Gasteiger partial charge is 0.496 e. The van der Waals surface area contributed by atoms with Crippen molar-refractivity contribution in [2.45, 2.75) is 39.7 Å². The first-order valence-electron chi connectivity index (χ1n) is 6.49. The van der Waals surface area contributed by atoms with Crippen LogP contribution in [-0.2, 0) is 0 Å². The summed E-state index contributed by atoms with van der Waals surface area (Å²) >= 11 is 0. The van der Waals surface area contributed by atoms with E-state index in [1.165, 1.54) is 22.3 Å². The molecule has 0 fully saturated rings. The van der Waals surface area contributed by atoms with Gasteiger partial charge >= 0.3 is 0 Å². The Kier molecular flexibility index (Phi) is 5.63. The summed E-state index contributed by atoms with van der Waals surface area (Å²) in [5.41, 5.74) is 4.95. The van der Waals surface area contributed by atoms with E-state index in [9.17, 15) is 0 Å². The van der Waals surface area contributed by atoms with Crippen molar-refractivity contribution in [2.75, 3.05) is 20.8 Å². The first-order valence-corrected chi connectivity index (χ1v) is 6.49. The van der Waals surface area contributed by atoms with Gasteiger partial charge in [-0.1, -0.05) is 6.07 Å². The molecule has 2 N–H and O–H groups in total. The van der Waals surface area contributed by atoms with Crippen molar-refractivity contribution in [3.8, 4) is 5.75 Å². The van der Waals surface area contributed by atoms with Gasteiger partial charge in [0.1, 0.15) is 5.75 Å². The molecule has 1 aromatic carbocycles. The van der Waals surface area contributed by atoms with Crippen molar-refractivity contribution in [3.05, 3.63) is 28.3 Å². The summed E-state index contributed by atoms with van der Waals surface area (Å²) in [4.78, 5) is 0. The smallest absolute Gasteiger partial charge is 0.124 e. The molecule has 102 valence electrons. The zero-order valence-electron chi connectivity index (χ0n) is 12.1. The second kappa shape index (κ2) is 6.76. The molecule has 1 atom stereocenters. The topological polar surface area (TPSA) is 41.5 Å². The number of methoxy groups -OCH3 is 1. The van der Waals surface area contributed by atoms with Crippen LogP contribution in [0.4, 0.5) is 0 Å². The predicted molar refractivity (Wildman–Crippen MR) is 75.3 cm³/mol. The number of hydrogen-bond acceptors (Lipinski definition) is 3. The molecule has 0 aliphatic rings. The first-order chi connectivity index (χ1) is 8.56. The van der Waals surface area contributed by atoms with Gasteiger partial charge in [-0.3, -0.25) is 0 Å². The van der Waals surface area contributed by atoms with Crippen LogP contribution < -0.4 is 10.1 Å². The van der Waals surface area contributed by atoms with Crippen LogP contribution in [0, 0.1) is 20.8 Å². The van der Waals surface area contributed by atoms with Gasteiger partial charge in [0.15, 0.2) is 0 Å². The summed E-state index contributed by atoms with van der Waals surface area (Å²) in [5.74, 6) is 0.980. The third-order valence-electron chi connectivity index (χ3n) is 3.65. The van der Waals surface area contributed by atoms with Gasteiger partial charge in [-0.15, -0.1) is 0 Å². The highest BCUT2D eigenvalue weighted by molar-refractivity contribution is 5.49. The molecule has 0 spiro atoms. The molecule has 0 bridgehead atoms. The normalized spacial score (nSPS) is 12.6. The Morgan fingerprint density at radius 3 is 2.44 bits per heavy atom. The average molecular weight is 251 g/mol. The van der Waals surface area contributed by atoms with Crippen LogP contribution in [0.1, 0.15) is 41.1 Å². The minimum absolute atomic E-state index is 0.241. The first kappa shape index (κ1) is 15.0. The molecule has 1 unspecified atom stereocenters. The van der Waals surface area contributed by atoms with Gasteiger partial charge in [-0.05, 0) is 62.9 Å². The van der Waals surface area contributed by atoms with Crippen molar-refractivity contribution in [1.29, 1.82) is 0 Å². The molecule has 0 saturated heterocycles. The van der Waals surface area contributed by atoms with Gasteiger partial charge in [0.2, 0.25) is 0 Å². The lowest BCUT2D eigenvalue weighted by Gasteiger charge is -2.22. The number of nitrogens with one attached hydrogen (secondary N) is 1. The minimum atomic E-state index is 0.241. The minimum Gasteiger partial charge on any atom is -0.496 e. The van der Waals surface area contributed by atoms with E-state index in [4.69, 9.17) is 9.84 Å². The van der Waals surface area contributed by atoms with Crippen LogP contribution in [0.5, 0.6) is 5.75 Å². The Morgan fingerprint density at radius 1 is 1.28 bits per heavy atom. The van der Waals surface area contributed by atoms with E-state index in [1.54, 1.807) is 7.11 Å². The highest BCUT2D eigenvalue weighted by Gasteiger charge is 2.16. The Morgan fingerprint density at radius 2 is 1.94 bits per heavy atom. The molecule has 0 aliphatic heterocycles. The molecule has 3 nitrogen and oxygen atoms in total. The maximum absolute atomic E-state index is 8.97. The molecule has 0 heterocycles. The van der Waals surface area contributed by atoms with E-state index in [1.807, 2.05) is 7.05 Å². The number of aryl methyl sites for hydroxylation is 1. The number of aliphatic hydroxyl groups excluding tert-OH is 1. The fourth-order valence-electron chi connectivity index (χ4n) is 2.52. The Hall–Kier alpha value is -1.06. The molecule has 0 saturated carbocycles. The summed E-state index contributed by atoms with van der Waals surface area (Å²) in [5, 5.41) is 12.3. The quantitative estimate of drug-likeness (QED) is 0.816. The molecule has 0 aromatic heterocycles. The fourth-order valence-corrected chi connectivity index (χ4v) is 2.52. The molecule has 1 aromatic rings. The Bertz CT molecular complexity index is 402. The Labute approximate surface area is 110 Å². The summed E-state index contributed by atoms with van der Waals surface area (Å²) < 4.78 is 5.45. The number of hydrogen-bond donors (Lipinski definition) is 2. The van der Waals surface area contributed by atoms with Crippen LogP contribution in [0.25, 0.3) is 0 Å². The standard InChI is InChI=1S/C15H25NO2/c1-10-9-13(14(16-4)7-6-8-17)11(2)12(3)15(10)18-5/h9,14,16-17H,6-8H2,1-5H3. The summed E-state index contributed by atoms with van der Waals surface area (Å²) in [7, 11) is 3.69. The van der Waals surface area contributed by atoms with Crippen LogP contribution in [0.15, 0.2) is 6.07 Å². The van der Waals surface area contributed by atoms with Crippen LogP contribution in [0.2, 0.25) is 0 Å². The lowest BCUT2D eigenvalue weighted by molar-refractivity contribution is 0.276. The van der Waals surface area contributed by atoms with E-state index in [2.05, 4.69) is 32.2 Å². The van der Waals surface area contributed by atoms with Gasteiger partial charge < -0.3 is 15.2 Å². The molecule has 1 rings (SSSR count). The third-order valence-corrected chi connectivity index (χ3v) is 3.65. The zero-order valence-corrected chi connectivity index (χ0v) is 12.1. The molecule has 0 aliphatic carbocycles. The van der Waals surface area contributed by atoms with E-state index in [0.29, 0.717) is 6.04 Å². The second-order valence-electron chi connectivity index (χ2n) is 4.77. The second-order valence-corrected chi connectivity index (χ2v) is 4.77. The van der Waals surface area contributed by atoms with Crippen molar-refractivity contribution < 1.29 is 9.84 Å². The van der Waals surface area contributed by atoms with Gasteiger partial charge in [0.25, 0.3) is 0 Å². The number of aliphatic hydroxyl groups is 1. The van der Waals surface area contributed by atoms with Crippen molar-refractivity contribution in [3.63, 3.8) is 0 Å². The molecule has 18 heavy (non-hydrogen) atoms. The van der Waals surface area contributed by atoms with Crippen molar-refractivity contribution >= 4 is 0 Å². The molecule has 0 amide bonds. The molecular weight excluding hydrogens is 226 g/mol. The fraction of sp³-hybridized carbons (Fsp3) is 0.600. The summed E-state index contributed by atoms with van der Waals surface area (Å²) in [6.07, 6.45) is 1.76. The maximum atomic E-state index is 8.97. The van der Waals surface area contributed by atoms with Gasteiger partial charge in [0, 0.05) is 12.6 Å². The lowest BCUT2D eigenvalue weighted by Crippen LogP contribution is -2.18. The van der Waals surface area contributed by atoms with Crippen LogP contribution in [0.3, 0.4) is 0 Å². The number of rotatable bonds is 6. The average Bonchev–Trinajstić information content (AvgIpc) is 2.36. The highest BCUT2D eigenvalue weighted by Crippen LogP contribution is 2.32. The summed E-state index contributed by atoms with van der Waals surface area (Å²) in [6.45, 7) is 6.55.